The summed E-state index contributed by atoms with van der Waals surface area (Å²) in [7, 11) is 0. The number of ether oxygens (including phenoxy) is 1. The maximum absolute atomic E-state index is 14.0. The van der Waals surface area contributed by atoms with E-state index in [1.54, 1.807) is 49.4 Å². The van der Waals surface area contributed by atoms with E-state index < -0.39 is 17.3 Å². The van der Waals surface area contributed by atoms with Crippen LogP contribution in [0.25, 0.3) is 34.0 Å². The zero-order valence-corrected chi connectivity index (χ0v) is 22.4. The zero-order chi connectivity index (χ0) is 28.4. The van der Waals surface area contributed by atoms with Gasteiger partial charge < -0.3 is 14.6 Å². The van der Waals surface area contributed by atoms with Crippen LogP contribution in [0.15, 0.2) is 71.3 Å². The molecule has 0 bridgehead atoms. The molecule has 1 atom stereocenters. The number of benzene rings is 3. The van der Waals surface area contributed by atoms with Gasteiger partial charge in [-0.2, -0.15) is 18.2 Å². The molecule has 4 aromatic rings. The van der Waals surface area contributed by atoms with Crippen LogP contribution in [-0.4, -0.2) is 28.3 Å². The highest BCUT2D eigenvalue weighted by molar-refractivity contribution is 5.75. The Hall–Kier alpha value is -3.98. The molecule has 0 fully saturated rings. The van der Waals surface area contributed by atoms with Gasteiger partial charge in [-0.15, -0.1) is 0 Å². The first-order chi connectivity index (χ1) is 18.3. The van der Waals surface area contributed by atoms with Gasteiger partial charge in [-0.1, -0.05) is 59.8 Å². The topological polar surface area (TPSA) is 77.2 Å². The fourth-order valence-electron chi connectivity index (χ4n) is 4.13. The molecule has 0 saturated carbocycles. The van der Waals surface area contributed by atoms with Gasteiger partial charge in [0.1, 0.15) is 5.60 Å². The molecule has 0 aliphatic carbocycles. The smallest absolute Gasteiger partial charge is 0.417 e. The van der Waals surface area contributed by atoms with E-state index in [9.17, 15) is 18.0 Å². The van der Waals surface area contributed by atoms with Crippen LogP contribution >= 0.6 is 0 Å². The number of aromatic nitrogens is 2. The fourth-order valence-corrected chi connectivity index (χ4v) is 4.13. The first-order valence-corrected chi connectivity index (χ1v) is 12.5. The second-order valence-corrected chi connectivity index (χ2v) is 10.3. The molecule has 1 aromatic heterocycles. The van der Waals surface area contributed by atoms with E-state index in [-0.39, 0.29) is 41.4 Å². The van der Waals surface area contributed by atoms with Crippen molar-refractivity contribution in [1.29, 1.82) is 0 Å². The second-order valence-electron chi connectivity index (χ2n) is 10.3. The molecule has 4 rings (SSSR count). The third-order valence-corrected chi connectivity index (χ3v) is 6.07. The molecule has 9 heteroatoms. The van der Waals surface area contributed by atoms with Gasteiger partial charge in [0.05, 0.1) is 12.1 Å². The minimum Gasteiger partial charge on any atom is -0.459 e. The molecule has 0 spiro atoms. The number of carbonyl (C=O) groups excluding carboxylic acids is 1. The normalized spacial score (nSPS) is 12.8. The molecule has 1 N–H and O–H groups in total. The quantitative estimate of drug-likeness (QED) is 0.248. The van der Waals surface area contributed by atoms with Crippen molar-refractivity contribution in [2.45, 2.75) is 52.4 Å². The van der Waals surface area contributed by atoms with Crippen molar-refractivity contribution in [3.05, 3.63) is 83.4 Å². The number of aryl methyl sites for hydroxylation is 1. The maximum atomic E-state index is 14.0. The summed E-state index contributed by atoms with van der Waals surface area (Å²) in [6.45, 7) is 9.20. The highest BCUT2D eigenvalue weighted by Gasteiger charge is 2.34. The summed E-state index contributed by atoms with van der Waals surface area (Å²) in [6, 6.07) is 18.1. The second kappa shape index (κ2) is 11.0. The molecule has 1 heterocycles. The van der Waals surface area contributed by atoms with Crippen LogP contribution in [0.3, 0.4) is 0 Å². The predicted octanol–water partition coefficient (Wildman–Crippen LogP) is 7.39. The summed E-state index contributed by atoms with van der Waals surface area (Å²) in [5, 5.41) is 7.10. The van der Waals surface area contributed by atoms with Gasteiger partial charge in [-0.3, -0.25) is 4.79 Å². The average molecular weight is 538 g/mol. The minimum absolute atomic E-state index is 0.0108. The van der Waals surface area contributed by atoms with E-state index in [1.807, 2.05) is 39.8 Å². The molecule has 0 aliphatic rings. The summed E-state index contributed by atoms with van der Waals surface area (Å²) in [6.07, 6.45) is -4.57. The Morgan fingerprint density at radius 1 is 0.974 bits per heavy atom. The van der Waals surface area contributed by atoms with Gasteiger partial charge in [0.25, 0.3) is 5.89 Å². The molecule has 6 nitrogen and oxygen atoms in total. The highest BCUT2D eigenvalue weighted by atomic mass is 19.4. The van der Waals surface area contributed by atoms with Crippen LogP contribution < -0.4 is 5.32 Å². The fraction of sp³-hybridized carbons (Fsp3) is 0.300. The first-order valence-electron chi connectivity index (χ1n) is 12.5. The van der Waals surface area contributed by atoms with Crippen LogP contribution in [0.2, 0.25) is 0 Å². The van der Waals surface area contributed by atoms with Crippen molar-refractivity contribution in [2.24, 2.45) is 0 Å². The first kappa shape index (κ1) is 28.0. The van der Waals surface area contributed by atoms with E-state index in [4.69, 9.17) is 9.26 Å². The number of nitrogens with zero attached hydrogens (tertiary/aromatic N) is 2. The van der Waals surface area contributed by atoms with Crippen molar-refractivity contribution in [1.82, 2.24) is 15.5 Å². The van der Waals surface area contributed by atoms with Crippen LogP contribution in [0, 0.1) is 6.92 Å². The molecular formula is C30H30F3N3O3. The third kappa shape index (κ3) is 6.92. The lowest BCUT2D eigenvalue weighted by Crippen LogP contribution is -2.32. The molecular weight excluding hydrogens is 507 g/mol. The zero-order valence-electron chi connectivity index (χ0n) is 22.4. The Kier molecular flexibility index (Phi) is 7.92. The summed E-state index contributed by atoms with van der Waals surface area (Å²) < 4.78 is 52.7. The van der Waals surface area contributed by atoms with Gasteiger partial charge in [0.2, 0.25) is 5.82 Å². The lowest BCUT2D eigenvalue weighted by atomic mass is 9.94. The number of nitrogens with one attached hydrogen (secondary N) is 1. The minimum atomic E-state index is -4.57. The number of alkyl halides is 3. The molecule has 0 amide bonds. The SMILES string of the molecule is Cc1ccccc1-c1ccc(-c2nc(-c3ccc([C@@H](C)NCC(=O)OC(C)(C)C)cc3)no2)cc1C(F)(F)F. The van der Waals surface area contributed by atoms with Crippen molar-refractivity contribution in [3.63, 3.8) is 0 Å². The van der Waals surface area contributed by atoms with Crippen molar-refractivity contribution in [2.75, 3.05) is 6.54 Å². The monoisotopic (exact) mass is 537 g/mol. The van der Waals surface area contributed by atoms with Crippen LogP contribution in [0.5, 0.6) is 0 Å². The summed E-state index contributed by atoms with van der Waals surface area (Å²) in [5.74, 6) is -0.100. The average Bonchev–Trinajstić information content (AvgIpc) is 3.36. The van der Waals surface area contributed by atoms with Crippen LogP contribution in [-0.2, 0) is 15.7 Å². The Morgan fingerprint density at radius 2 is 1.64 bits per heavy atom. The predicted molar refractivity (Wildman–Crippen MR) is 143 cm³/mol. The van der Waals surface area contributed by atoms with E-state index in [0.717, 1.165) is 17.2 Å². The number of carbonyl (C=O) groups is 1. The molecule has 204 valence electrons. The van der Waals surface area contributed by atoms with E-state index in [2.05, 4.69) is 15.5 Å². The lowest BCUT2D eigenvalue weighted by molar-refractivity contribution is -0.153. The van der Waals surface area contributed by atoms with Gasteiger partial charge in [0, 0.05) is 17.2 Å². The van der Waals surface area contributed by atoms with Crippen LogP contribution in [0.4, 0.5) is 13.2 Å². The van der Waals surface area contributed by atoms with Crippen molar-refractivity contribution < 1.29 is 27.2 Å². The number of esters is 1. The van der Waals surface area contributed by atoms with Crippen molar-refractivity contribution in [3.8, 4) is 34.0 Å². The van der Waals surface area contributed by atoms with Gasteiger partial charge >= 0.3 is 12.1 Å². The van der Waals surface area contributed by atoms with E-state index >= 15 is 0 Å². The Bertz CT molecular complexity index is 1450. The Labute approximate surface area is 225 Å². The summed E-state index contributed by atoms with van der Waals surface area (Å²) >= 11 is 0. The largest absolute Gasteiger partial charge is 0.459 e. The highest BCUT2D eigenvalue weighted by Crippen LogP contribution is 2.40. The van der Waals surface area contributed by atoms with E-state index in [1.165, 1.54) is 6.07 Å². The van der Waals surface area contributed by atoms with Crippen LogP contribution in [0.1, 0.15) is 50.4 Å². The molecule has 39 heavy (non-hydrogen) atoms. The molecule has 0 radical (unpaired) electrons. The number of halogens is 3. The maximum Gasteiger partial charge on any atom is 0.417 e. The van der Waals surface area contributed by atoms with Gasteiger partial charge in [0.15, 0.2) is 0 Å². The molecule has 0 aliphatic heterocycles. The molecule has 0 unspecified atom stereocenters. The summed E-state index contributed by atoms with van der Waals surface area (Å²) in [5.41, 5.74) is 1.76. The van der Waals surface area contributed by atoms with E-state index in [0.29, 0.717) is 11.1 Å². The Morgan fingerprint density at radius 3 is 2.28 bits per heavy atom. The number of hydrogen-bond acceptors (Lipinski definition) is 6. The summed E-state index contributed by atoms with van der Waals surface area (Å²) in [4.78, 5) is 16.3. The van der Waals surface area contributed by atoms with Crippen molar-refractivity contribution >= 4 is 5.97 Å². The molecule has 3 aromatic carbocycles. The Balaban J connectivity index is 1.52. The lowest BCUT2D eigenvalue weighted by Gasteiger charge is -2.21. The standard InChI is InChI=1S/C30H30F3N3O3/c1-18-8-6-7-9-23(18)24-15-14-22(16-25(24)30(31,32)33)28-35-27(36-39-28)21-12-10-20(11-13-21)19(2)34-17-26(37)38-29(3,4)5/h6-16,19,34H,17H2,1-5H3/t19-/m1/s1. The third-order valence-electron chi connectivity index (χ3n) is 6.07. The number of rotatable bonds is 7. The molecule has 0 saturated heterocycles. The number of hydrogen-bond donors (Lipinski definition) is 1. The van der Waals surface area contributed by atoms with Gasteiger partial charge in [-0.25, -0.2) is 0 Å². The van der Waals surface area contributed by atoms with Gasteiger partial charge in [-0.05, 0) is 69.0 Å².